The number of carbonyl (C=O) groups is 1. The molecule has 1 aliphatic rings. The maximum Gasteiger partial charge on any atom is 0.280 e. The first-order valence-electron chi connectivity index (χ1n) is 10.2. The van der Waals surface area contributed by atoms with E-state index < -0.39 is 0 Å². The molecule has 1 aliphatic heterocycles. The van der Waals surface area contributed by atoms with Gasteiger partial charge in [-0.25, -0.2) is 4.68 Å². The highest BCUT2D eigenvalue weighted by atomic mass is 35.5. The molecule has 0 unspecified atom stereocenters. The molecular weight excluding hydrogens is 408 g/mol. The first-order valence-corrected chi connectivity index (χ1v) is 10.6. The number of halogens is 1. The van der Waals surface area contributed by atoms with Crippen LogP contribution in [0.1, 0.15) is 40.6 Å². The summed E-state index contributed by atoms with van der Waals surface area (Å²) in [6.45, 7) is 11.9. The van der Waals surface area contributed by atoms with E-state index in [1.54, 1.807) is 6.07 Å². The Morgan fingerprint density at radius 2 is 1.55 bits per heavy atom. The number of carbonyl (C=O) groups excluding carboxylic acids is 1. The van der Waals surface area contributed by atoms with Crippen LogP contribution in [0.2, 0.25) is 5.02 Å². The van der Waals surface area contributed by atoms with Crippen molar-refractivity contribution >= 4 is 35.0 Å². The van der Waals surface area contributed by atoms with E-state index in [0.717, 1.165) is 28.2 Å². The van der Waals surface area contributed by atoms with Crippen LogP contribution in [0.4, 0.5) is 5.69 Å². The zero-order valence-electron chi connectivity index (χ0n) is 18.6. The quantitative estimate of drug-likeness (QED) is 0.485. The van der Waals surface area contributed by atoms with Crippen molar-refractivity contribution in [3.05, 3.63) is 80.6 Å². The Morgan fingerprint density at radius 3 is 2.23 bits per heavy atom. The van der Waals surface area contributed by atoms with E-state index in [9.17, 15) is 4.79 Å². The number of hydrogen-bond donors (Lipinski definition) is 0. The van der Waals surface area contributed by atoms with Crippen LogP contribution in [-0.4, -0.2) is 21.4 Å². The van der Waals surface area contributed by atoms with Gasteiger partial charge in [-0.15, -0.1) is 0 Å². The van der Waals surface area contributed by atoms with E-state index in [2.05, 4.69) is 37.1 Å². The molecule has 4 rings (SSSR count). The van der Waals surface area contributed by atoms with Gasteiger partial charge in [-0.3, -0.25) is 4.79 Å². The lowest BCUT2D eigenvalue weighted by Crippen LogP contribution is -2.21. The number of hydrazone groups is 1. The average molecular weight is 433 g/mol. The zero-order valence-corrected chi connectivity index (χ0v) is 19.4. The molecule has 0 bridgehead atoms. The number of benzene rings is 2. The molecule has 3 aromatic rings. The van der Waals surface area contributed by atoms with Crippen molar-refractivity contribution in [3.8, 4) is 5.69 Å². The molecule has 31 heavy (non-hydrogen) atoms. The zero-order chi connectivity index (χ0) is 22.4. The molecule has 1 amide bonds. The summed E-state index contributed by atoms with van der Waals surface area (Å²) in [4.78, 5) is 13.2. The van der Waals surface area contributed by atoms with E-state index in [1.165, 1.54) is 16.1 Å². The number of aromatic nitrogens is 2. The monoisotopic (exact) mass is 432 g/mol. The molecular formula is C25H25ClN4O. The van der Waals surface area contributed by atoms with Crippen molar-refractivity contribution in [3.63, 3.8) is 0 Å². The van der Waals surface area contributed by atoms with Crippen molar-refractivity contribution in [2.24, 2.45) is 5.10 Å². The number of amides is 1. The third-order valence-electron chi connectivity index (χ3n) is 5.83. The second-order valence-electron chi connectivity index (χ2n) is 8.06. The molecule has 6 heteroatoms. The Morgan fingerprint density at radius 1 is 0.871 bits per heavy atom. The Kier molecular flexibility index (Phi) is 5.31. The molecule has 5 nitrogen and oxygen atoms in total. The van der Waals surface area contributed by atoms with E-state index in [0.29, 0.717) is 22.0 Å². The van der Waals surface area contributed by atoms with Gasteiger partial charge < -0.3 is 0 Å². The number of anilines is 1. The van der Waals surface area contributed by atoms with Crippen molar-refractivity contribution in [2.45, 2.75) is 41.5 Å². The number of nitrogens with zero attached hydrogens (tertiary/aromatic N) is 4. The van der Waals surface area contributed by atoms with Crippen LogP contribution < -0.4 is 5.01 Å². The molecule has 0 saturated heterocycles. The van der Waals surface area contributed by atoms with Gasteiger partial charge >= 0.3 is 0 Å². The summed E-state index contributed by atoms with van der Waals surface area (Å²) in [5, 5.41) is 11.2. The van der Waals surface area contributed by atoms with Crippen LogP contribution in [0.15, 0.2) is 47.1 Å². The molecule has 0 N–H and O–H groups in total. The highest BCUT2D eigenvalue weighted by molar-refractivity contribution is 6.33. The second kappa shape index (κ2) is 7.82. The van der Waals surface area contributed by atoms with Crippen LogP contribution in [0.5, 0.6) is 0 Å². The average Bonchev–Trinajstić information content (AvgIpc) is 3.17. The van der Waals surface area contributed by atoms with Gasteiger partial charge in [-0.1, -0.05) is 23.7 Å². The summed E-state index contributed by atoms with van der Waals surface area (Å²) in [5.74, 6) is -0.171. The lowest BCUT2D eigenvalue weighted by atomic mass is 10.1. The van der Waals surface area contributed by atoms with Crippen LogP contribution >= 0.6 is 11.6 Å². The summed E-state index contributed by atoms with van der Waals surface area (Å²) in [6.07, 6.45) is 1.90. The number of rotatable bonds is 3. The largest absolute Gasteiger partial charge is 0.280 e. The van der Waals surface area contributed by atoms with Gasteiger partial charge in [-0.2, -0.15) is 15.2 Å². The van der Waals surface area contributed by atoms with Crippen molar-refractivity contribution in [1.29, 1.82) is 0 Å². The van der Waals surface area contributed by atoms with E-state index in [1.807, 2.05) is 50.6 Å². The molecule has 0 radical (unpaired) electrons. The molecule has 2 aromatic carbocycles. The van der Waals surface area contributed by atoms with E-state index in [4.69, 9.17) is 16.7 Å². The molecule has 158 valence electrons. The highest BCUT2D eigenvalue weighted by Gasteiger charge is 2.29. The normalized spacial score (nSPS) is 15.2. The molecule has 0 atom stereocenters. The van der Waals surface area contributed by atoms with Crippen LogP contribution in [0.3, 0.4) is 0 Å². The maximum atomic E-state index is 13.2. The van der Waals surface area contributed by atoms with Gasteiger partial charge in [-0.05, 0) is 88.6 Å². The predicted octanol–water partition coefficient (Wildman–Crippen LogP) is 5.87. The Balaban J connectivity index is 1.73. The van der Waals surface area contributed by atoms with Gasteiger partial charge in [0.2, 0.25) is 0 Å². The topological polar surface area (TPSA) is 50.5 Å². The SMILES string of the molecule is CC1=NN(c2ccc(C)c(Cl)c2)C(=O)/C1=C/c1c(C)nn(-c2ccc(C)c(C)c2)c1C. The first-order chi connectivity index (χ1) is 14.7. The Bertz CT molecular complexity index is 1280. The number of hydrogen-bond acceptors (Lipinski definition) is 3. The van der Waals surface area contributed by atoms with Gasteiger partial charge in [0, 0.05) is 16.3 Å². The van der Waals surface area contributed by atoms with Crippen molar-refractivity contribution < 1.29 is 4.79 Å². The smallest absolute Gasteiger partial charge is 0.267 e. The lowest BCUT2D eigenvalue weighted by molar-refractivity contribution is -0.114. The van der Waals surface area contributed by atoms with Crippen LogP contribution in [0, 0.1) is 34.6 Å². The van der Waals surface area contributed by atoms with Gasteiger partial charge in [0.15, 0.2) is 0 Å². The maximum absolute atomic E-state index is 13.2. The third kappa shape index (κ3) is 3.70. The molecule has 0 spiro atoms. The minimum atomic E-state index is -0.171. The highest BCUT2D eigenvalue weighted by Crippen LogP contribution is 2.30. The second-order valence-corrected chi connectivity index (χ2v) is 8.47. The standard InChI is InChI=1S/C25H25ClN4O/c1-14-7-9-20(11-16(14)3)29-19(6)22(17(4)27-29)13-23-18(5)28-30(25(23)31)21-10-8-15(2)24(26)12-21/h7-13H,1-6H3/b23-13+. The van der Waals surface area contributed by atoms with Gasteiger partial charge in [0.1, 0.15) is 0 Å². The van der Waals surface area contributed by atoms with Crippen LogP contribution in [0.25, 0.3) is 11.8 Å². The molecule has 2 heterocycles. The fraction of sp³-hybridized carbons (Fsp3) is 0.240. The van der Waals surface area contributed by atoms with Gasteiger partial charge in [0.05, 0.1) is 28.4 Å². The molecule has 1 aromatic heterocycles. The first kappa shape index (κ1) is 21.1. The van der Waals surface area contributed by atoms with Crippen molar-refractivity contribution in [1.82, 2.24) is 9.78 Å². The minimum absolute atomic E-state index is 0.171. The van der Waals surface area contributed by atoms with E-state index in [-0.39, 0.29) is 5.91 Å². The van der Waals surface area contributed by atoms with E-state index >= 15 is 0 Å². The van der Waals surface area contributed by atoms with Crippen LogP contribution in [-0.2, 0) is 4.79 Å². The predicted molar refractivity (Wildman–Crippen MR) is 127 cm³/mol. The fourth-order valence-electron chi connectivity index (χ4n) is 3.69. The van der Waals surface area contributed by atoms with Gasteiger partial charge in [0.25, 0.3) is 5.91 Å². The summed E-state index contributed by atoms with van der Waals surface area (Å²) in [5.41, 5.74) is 9.07. The summed E-state index contributed by atoms with van der Waals surface area (Å²) in [6, 6.07) is 11.8. The third-order valence-corrected chi connectivity index (χ3v) is 6.24. The van der Waals surface area contributed by atoms with Crippen molar-refractivity contribution in [2.75, 3.05) is 5.01 Å². The fourth-order valence-corrected chi connectivity index (χ4v) is 3.86. The number of aryl methyl sites for hydroxylation is 4. The minimum Gasteiger partial charge on any atom is -0.267 e. The molecule has 0 aliphatic carbocycles. The Hall–Kier alpha value is -3.18. The molecule has 0 saturated carbocycles. The summed E-state index contributed by atoms with van der Waals surface area (Å²) in [7, 11) is 0. The molecule has 0 fully saturated rings. The Labute approximate surface area is 187 Å². The summed E-state index contributed by atoms with van der Waals surface area (Å²) < 4.78 is 1.93. The summed E-state index contributed by atoms with van der Waals surface area (Å²) >= 11 is 6.25. The lowest BCUT2D eigenvalue weighted by Gasteiger charge is -2.12.